The summed E-state index contributed by atoms with van der Waals surface area (Å²) >= 11 is 0. The number of nitrogen functional groups attached to an aromatic ring is 1. The van der Waals surface area contributed by atoms with Gasteiger partial charge in [0.1, 0.15) is 0 Å². The van der Waals surface area contributed by atoms with Crippen molar-refractivity contribution >= 4 is 27.8 Å². The lowest BCUT2D eigenvalue weighted by atomic mass is 9.82. The zero-order chi connectivity index (χ0) is 33.8. The molecule has 0 amide bonds. The van der Waals surface area contributed by atoms with E-state index in [9.17, 15) is 0 Å². The molecule has 5 heteroatoms. The lowest BCUT2D eigenvalue weighted by Gasteiger charge is -2.20. The average Bonchev–Trinajstić information content (AvgIpc) is 3.87. The van der Waals surface area contributed by atoms with Crippen LogP contribution in [0.5, 0.6) is 0 Å². The molecule has 5 heterocycles. The first-order chi connectivity index (χ1) is 23.6. The number of benzene rings is 3. The van der Waals surface area contributed by atoms with Gasteiger partial charge in [0.15, 0.2) is 0 Å². The SMILES string of the molecule is CC1(C)Cc2nc1c(-c1ccccc1)c1ccc(cc3nc(c(-c4ccccc4)c4ccc([nH]4)c2C#Cc2ccc(N)cc2)C(C)(C)C3)[nH]1. The van der Waals surface area contributed by atoms with Crippen molar-refractivity contribution in [2.24, 2.45) is 0 Å². The Balaban J connectivity index is 1.54. The number of hydrogen-bond acceptors (Lipinski definition) is 3. The first kappa shape index (κ1) is 30.5. The van der Waals surface area contributed by atoms with Gasteiger partial charge < -0.3 is 15.7 Å². The van der Waals surface area contributed by atoms with Gasteiger partial charge in [0, 0.05) is 68.3 Å². The zero-order valence-electron chi connectivity index (χ0n) is 28.4. The highest BCUT2D eigenvalue weighted by molar-refractivity contribution is 5.87. The standard InChI is InChI=1S/C44H39N5/c1-43(2)26-33-25-32-20-22-36(46-32)39(29-11-7-5-8-12-29)42-44(3,4)27-38(49-42)34(21-17-28-15-18-31(45)19-16-28)35-23-24-37(48-35)40(41(43)47-33)30-13-9-6-10-14-30/h5-16,18-20,22-25,46,48H,26-27,45H2,1-4H3. The number of hydrogen-bond donors (Lipinski definition) is 3. The van der Waals surface area contributed by atoms with Gasteiger partial charge in [-0.2, -0.15) is 0 Å². The van der Waals surface area contributed by atoms with Crippen molar-refractivity contribution in [2.45, 2.75) is 51.4 Å². The van der Waals surface area contributed by atoms with E-state index in [4.69, 9.17) is 15.7 Å². The largest absolute Gasteiger partial charge is 0.399 e. The summed E-state index contributed by atoms with van der Waals surface area (Å²) < 4.78 is 0. The number of aromatic nitrogens is 4. The first-order valence-corrected chi connectivity index (χ1v) is 16.9. The molecule has 49 heavy (non-hydrogen) atoms. The average molecular weight is 638 g/mol. The second kappa shape index (κ2) is 11.7. The number of nitrogens with one attached hydrogen (secondary N) is 2. The number of rotatable bonds is 2. The van der Waals surface area contributed by atoms with Gasteiger partial charge in [-0.05, 0) is 65.7 Å². The molecule has 2 aliphatic rings. The lowest BCUT2D eigenvalue weighted by Crippen LogP contribution is -2.17. The van der Waals surface area contributed by atoms with E-state index in [1.807, 2.05) is 24.3 Å². The Kier molecular flexibility index (Phi) is 7.26. The molecular formula is C44H39N5. The van der Waals surface area contributed by atoms with E-state index < -0.39 is 0 Å². The van der Waals surface area contributed by atoms with E-state index in [0.717, 1.165) is 91.1 Å². The van der Waals surface area contributed by atoms with Crippen molar-refractivity contribution in [1.82, 2.24) is 19.9 Å². The van der Waals surface area contributed by atoms with Crippen molar-refractivity contribution in [3.63, 3.8) is 0 Å². The Labute approximate surface area is 287 Å². The molecule has 8 rings (SSSR count). The molecule has 240 valence electrons. The number of nitrogens with two attached hydrogens (primary N) is 1. The van der Waals surface area contributed by atoms with E-state index in [2.05, 4.69) is 140 Å². The Bertz CT molecular complexity index is 2400. The zero-order valence-corrected chi connectivity index (χ0v) is 28.4. The first-order valence-electron chi connectivity index (χ1n) is 16.9. The fraction of sp³-hybridized carbons (Fsp3) is 0.182. The molecule has 0 spiro atoms. The summed E-state index contributed by atoms with van der Waals surface area (Å²) in [5, 5.41) is 0. The molecule has 0 atom stereocenters. The van der Waals surface area contributed by atoms with Gasteiger partial charge in [-0.1, -0.05) is 100 Å². The van der Waals surface area contributed by atoms with Gasteiger partial charge in [0.05, 0.1) is 28.2 Å². The molecular weight excluding hydrogens is 599 g/mol. The summed E-state index contributed by atoms with van der Waals surface area (Å²) in [7, 11) is 0. The molecule has 0 fully saturated rings. The Morgan fingerprint density at radius 2 is 1.16 bits per heavy atom. The van der Waals surface area contributed by atoms with Crippen LogP contribution in [0.1, 0.15) is 61.6 Å². The summed E-state index contributed by atoms with van der Waals surface area (Å²) in [4.78, 5) is 18.4. The van der Waals surface area contributed by atoms with Crippen LogP contribution < -0.4 is 5.73 Å². The third-order valence-electron chi connectivity index (χ3n) is 9.67. The summed E-state index contributed by atoms with van der Waals surface area (Å²) in [6.45, 7) is 9.14. The maximum absolute atomic E-state index is 6.00. The molecule has 0 radical (unpaired) electrons. The highest BCUT2D eigenvalue weighted by atomic mass is 14.8. The molecule has 4 N–H and O–H groups in total. The van der Waals surface area contributed by atoms with Gasteiger partial charge in [-0.25, -0.2) is 0 Å². The van der Waals surface area contributed by atoms with Crippen LogP contribution >= 0.6 is 0 Å². The molecule has 6 aromatic rings. The Morgan fingerprint density at radius 1 is 0.592 bits per heavy atom. The maximum atomic E-state index is 6.00. The molecule has 0 saturated heterocycles. The van der Waals surface area contributed by atoms with Crippen LogP contribution in [0.15, 0.2) is 115 Å². The fourth-order valence-electron chi connectivity index (χ4n) is 7.27. The number of fused-ring (bicyclic) bond motifs is 8. The van der Waals surface area contributed by atoms with Crippen LogP contribution in [0, 0.1) is 11.8 Å². The molecule has 0 saturated carbocycles. The van der Waals surface area contributed by atoms with Crippen molar-refractivity contribution in [2.75, 3.05) is 5.73 Å². The molecule has 0 unspecified atom stereocenters. The van der Waals surface area contributed by atoms with Crippen LogP contribution in [0.25, 0.3) is 44.3 Å². The van der Waals surface area contributed by atoms with Gasteiger partial charge in [-0.3, -0.25) is 9.97 Å². The second-order valence-electron chi connectivity index (χ2n) is 14.5. The Hall–Kier alpha value is -5.86. The predicted octanol–water partition coefficient (Wildman–Crippen LogP) is 9.67. The highest BCUT2D eigenvalue weighted by Gasteiger charge is 2.34. The van der Waals surface area contributed by atoms with Crippen LogP contribution in [-0.4, -0.2) is 19.9 Å². The maximum Gasteiger partial charge on any atom is 0.0699 e. The van der Waals surface area contributed by atoms with Crippen molar-refractivity contribution in [1.29, 1.82) is 0 Å². The number of aromatic amines is 2. The van der Waals surface area contributed by atoms with Crippen LogP contribution in [0.2, 0.25) is 0 Å². The minimum Gasteiger partial charge on any atom is -0.399 e. The third kappa shape index (κ3) is 5.70. The molecule has 0 aliphatic carbocycles. The number of nitrogens with zero attached hydrogens (tertiary/aromatic N) is 2. The van der Waals surface area contributed by atoms with Crippen molar-refractivity contribution < 1.29 is 0 Å². The van der Waals surface area contributed by atoms with E-state index in [-0.39, 0.29) is 10.8 Å². The highest BCUT2D eigenvalue weighted by Crippen LogP contribution is 2.42. The topological polar surface area (TPSA) is 83.4 Å². The summed E-state index contributed by atoms with van der Waals surface area (Å²) in [5.41, 5.74) is 20.6. The van der Waals surface area contributed by atoms with Crippen molar-refractivity contribution in [3.05, 3.63) is 149 Å². The van der Waals surface area contributed by atoms with Gasteiger partial charge >= 0.3 is 0 Å². The summed E-state index contributed by atoms with van der Waals surface area (Å²) in [6.07, 6.45) is 1.57. The predicted molar refractivity (Wildman–Crippen MR) is 202 cm³/mol. The quantitative estimate of drug-likeness (QED) is 0.131. The Morgan fingerprint density at radius 3 is 1.84 bits per heavy atom. The van der Waals surface area contributed by atoms with Gasteiger partial charge in [0.25, 0.3) is 0 Å². The number of anilines is 1. The second-order valence-corrected chi connectivity index (χ2v) is 14.5. The molecule has 8 bridgehead atoms. The smallest absolute Gasteiger partial charge is 0.0699 e. The lowest BCUT2D eigenvalue weighted by molar-refractivity contribution is 0.544. The van der Waals surface area contributed by atoms with Crippen LogP contribution in [0.3, 0.4) is 0 Å². The summed E-state index contributed by atoms with van der Waals surface area (Å²) in [5.74, 6) is 6.99. The van der Waals surface area contributed by atoms with Crippen LogP contribution in [0.4, 0.5) is 5.69 Å². The van der Waals surface area contributed by atoms with Gasteiger partial charge in [0.2, 0.25) is 0 Å². The minimum atomic E-state index is -0.253. The van der Waals surface area contributed by atoms with Crippen LogP contribution in [-0.2, 0) is 23.7 Å². The number of H-pyrrole nitrogens is 2. The molecule has 3 aromatic heterocycles. The summed E-state index contributed by atoms with van der Waals surface area (Å²) in [6, 6.07) is 39.7. The fourth-order valence-corrected chi connectivity index (χ4v) is 7.27. The van der Waals surface area contributed by atoms with E-state index in [0.29, 0.717) is 5.69 Å². The van der Waals surface area contributed by atoms with E-state index in [1.54, 1.807) is 0 Å². The normalized spacial score (nSPS) is 14.6. The van der Waals surface area contributed by atoms with E-state index >= 15 is 0 Å². The minimum absolute atomic E-state index is 0.183. The molecule has 2 aliphatic heterocycles. The molecule has 3 aromatic carbocycles. The van der Waals surface area contributed by atoms with E-state index in [1.165, 1.54) is 0 Å². The monoisotopic (exact) mass is 637 g/mol. The van der Waals surface area contributed by atoms with Gasteiger partial charge in [-0.15, -0.1) is 0 Å². The molecule has 5 nitrogen and oxygen atoms in total. The van der Waals surface area contributed by atoms with Crippen molar-refractivity contribution in [3.8, 4) is 34.1 Å². The third-order valence-corrected chi connectivity index (χ3v) is 9.67.